The van der Waals surface area contributed by atoms with E-state index in [9.17, 15) is 43.2 Å². The molecule has 0 spiro atoms. The molecule has 0 heterocycles. The summed E-state index contributed by atoms with van der Waals surface area (Å²) in [6.07, 6.45) is 41.8. The zero-order valence-electron chi connectivity index (χ0n) is 56.5. The van der Waals surface area contributed by atoms with E-state index in [0.29, 0.717) is 31.6 Å². The molecule has 2 unspecified atom stereocenters. The number of carbonyl (C=O) groups is 4. The number of ether oxygens (including phenoxy) is 4. The van der Waals surface area contributed by atoms with E-state index in [1.54, 1.807) is 0 Å². The van der Waals surface area contributed by atoms with Crippen LogP contribution in [0.4, 0.5) is 0 Å². The molecule has 0 radical (unpaired) electrons. The molecule has 0 saturated heterocycles. The molecule has 5 atom stereocenters. The first kappa shape index (κ1) is 85.1. The van der Waals surface area contributed by atoms with Crippen LogP contribution in [0.3, 0.4) is 0 Å². The number of aliphatic hydroxyl groups is 1. The summed E-state index contributed by atoms with van der Waals surface area (Å²) in [6.45, 7) is 11.7. The van der Waals surface area contributed by atoms with Gasteiger partial charge in [0.1, 0.15) is 19.3 Å². The number of hydrogen-bond donors (Lipinski definition) is 3. The van der Waals surface area contributed by atoms with Crippen molar-refractivity contribution in [1.29, 1.82) is 0 Å². The van der Waals surface area contributed by atoms with Crippen LogP contribution in [0.25, 0.3) is 0 Å². The number of phosphoric ester groups is 2. The summed E-state index contributed by atoms with van der Waals surface area (Å²) < 4.78 is 68.2. The van der Waals surface area contributed by atoms with Gasteiger partial charge in [0.15, 0.2) is 12.2 Å². The Morgan fingerprint density at radius 1 is 0.310 bits per heavy atom. The molecule has 0 saturated carbocycles. The predicted octanol–water partition coefficient (Wildman–Crippen LogP) is 19.1. The van der Waals surface area contributed by atoms with Gasteiger partial charge < -0.3 is 33.8 Å². The number of hydrogen-bond acceptors (Lipinski definition) is 15. The first-order chi connectivity index (χ1) is 41.7. The first-order valence-electron chi connectivity index (χ1n) is 35.3. The molecule has 0 aliphatic carbocycles. The summed E-state index contributed by atoms with van der Waals surface area (Å²) in [4.78, 5) is 72.4. The molecule has 0 rings (SSSR count). The second-order valence-electron chi connectivity index (χ2n) is 26.0. The Hall–Kier alpha value is -1.94. The molecule has 0 bridgehead atoms. The number of unbranched alkanes of at least 4 members (excludes halogenated alkanes) is 34. The molecule has 0 fully saturated rings. The van der Waals surface area contributed by atoms with Crippen LogP contribution in [0.1, 0.15) is 337 Å². The predicted molar refractivity (Wildman–Crippen MR) is 349 cm³/mol. The molecule has 0 aliphatic heterocycles. The van der Waals surface area contributed by atoms with E-state index in [2.05, 4.69) is 48.5 Å². The lowest BCUT2D eigenvalue weighted by Crippen LogP contribution is -2.30. The molecule has 17 nitrogen and oxygen atoms in total. The van der Waals surface area contributed by atoms with Gasteiger partial charge in [0.2, 0.25) is 0 Å². The van der Waals surface area contributed by atoms with Gasteiger partial charge in [0.05, 0.1) is 26.4 Å². The lowest BCUT2D eigenvalue weighted by Gasteiger charge is -2.21. The second kappa shape index (κ2) is 59.1. The highest BCUT2D eigenvalue weighted by Crippen LogP contribution is 2.45. The monoisotopic (exact) mass is 1280 g/mol. The normalized spacial score (nSPS) is 14.3. The number of carbonyl (C=O) groups excluding carboxylic acids is 4. The summed E-state index contributed by atoms with van der Waals surface area (Å²) in [5.74, 6) is 0.0314. The van der Waals surface area contributed by atoms with Gasteiger partial charge in [-0.3, -0.25) is 37.3 Å². The third kappa shape index (κ3) is 62.6. The van der Waals surface area contributed by atoms with Crippen molar-refractivity contribution in [2.24, 2.45) is 17.8 Å². The van der Waals surface area contributed by atoms with Crippen LogP contribution >= 0.6 is 15.6 Å². The first-order valence-corrected chi connectivity index (χ1v) is 38.3. The van der Waals surface area contributed by atoms with Crippen LogP contribution in [-0.4, -0.2) is 96.7 Å². The Morgan fingerprint density at radius 2 is 0.529 bits per heavy atom. The maximum atomic E-state index is 13.0. The fourth-order valence-electron chi connectivity index (χ4n) is 10.2. The van der Waals surface area contributed by atoms with E-state index < -0.39 is 97.5 Å². The lowest BCUT2D eigenvalue weighted by atomic mass is 10.0. The largest absolute Gasteiger partial charge is 0.472 e. The zero-order chi connectivity index (χ0) is 64.5. The van der Waals surface area contributed by atoms with E-state index >= 15 is 0 Å². The van der Waals surface area contributed by atoms with Gasteiger partial charge in [-0.2, -0.15) is 0 Å². The van der Waals surface area contributed by atoms with Crippen LogP contribution in [-0.2, 0) is 65.4 Å². The molecule has 516 valence electrons. The fraction of sp³-hybridized carbons (Fsp3) is 0.941. The van der Waals surface area contributed by atoms with E-state index in [1.165, 1.54) is 141 Å². The molecular formula is C68H132O17P2. The quantitative estimate of drug-likeness (QED) is 0.0222. The molecular weight excluding hydrogens is 1150 g/mol. The van der Waals surface area contributed by atoms with Gasteiger partial charge in [-0.1, -0.05) is 286 Å². The van der Waals surface area contributed by atoms with Crippen LogP contribution < -0.4 is 0 Å². The average molecular weight is 1280 g/mol. The van der Waals surface area contributed by atoms with E-state index in [0.717, 1.165) is 108 Å². The molecule has 0 aromatic heterocycles. The van der Waals surface area contributed by atoms with E-state index in [4.69, 9.17) is 37.0 Å². The summed E-state index contributed by atoms with van der Waals surface area (Å²) in [7, 11) is -9.90. The third-order valence-electron chi connectivity index (χ3n) is 15.6. The Balaban J connectivity index is 5.25. The highest BCUT2D eigenvalue weighted by Gasteiger charge is 2.30. The molecule has 87 heavy (non-hydrogen) atoms. The maximum absolute atomic E-state index is 13.0. The van der Waals surface area contributed by atoms with Crippen LogP contribution in [0, 0.1) is 17.8 Å². The Labute approximate surface area is 530 Å². The van der Waals surface area contributed by atoms with Crippen molar-refractivity contribution in [1.82, 2.24) is 0 Å². The van der Waals surface area contributed by atoms with Gasteiger partial charge in [-0.25, -0.2) is 9.13 Å². The van der Waals surface area contributed by atoms with Crippen molar-refractivity contribution in [3.63, 3.8) is 0 Å². The second-order valence-corrected chi connectivity index (χ2v) is 28.9. The standard InChI is InChI=1S/C68H132O17P2/c1-8-9-10-11-12-13-14-15-18-21-27-35-42-49-65(70)78-55-63(84-67(72)51-44-37-28-22-19-16-17-20-25-32-39-46-59(2)3)57-82-86(74,75)80-53-62(69)54-81-87(76,77)83-58-64(56-79-66(71)50-43-36-31-30-34-41-48-61(6)7)85-68(73)52-45-38-29-24-23-26-33-40-47-60(4)5/h59-64,69H,8-58H2,1-7H3,(H,74,75)(H,76,77)/t62-,63-,64-/m1/s1. The fourth-order valence-corrected chi connectivity index (χ4v) is 11.8. The topological polar surface area (TPSA) is 237 Å². The highest BCUT2D eigenvalue weighted by atomic mass is 31.2. The number of esters is 4. The molecule has 3 N–H and O–H groups in total. The van der Waals surface area contributed by atoms with Crippen molar-refractivity contribution in [2.45, 2.75) is 356 Å². The number of aliphatic hydroxyl groups excluding tert-OH is 1. The summed E-state index contributed by atoms with van der Waals surface area (Å²) >= 11 is 0. The molecule has 0 aromatic carbocycles. The summed E-state index contributed by atoms with van der Waals surface area (Å²) in [6, 6.07) is 0. The minimum Gasteiger partial charge on any atom is -0.462 e. The minimum absolute atomic E-state index is 0.103. The van der Waals surface area contributed by atoms with Crippen molar-refractivity contribution in [3.05, 3.63) is 0 Å². The van der Waals surface area contributed by atoms with Crippen LogP contribution in [0.5, 0.6) is 0 Å². The third-order valence-corrected chi connectivity index (χ3v) is 17.5. The number of phosphoric acid groups is 2. The van der Waals surface area contributed by atoms with Gasteiger partial charge in [0.25, 0.3) is 0 Å². The zero-order valence-corrected chi connectivity index (χ0v) is 58.3. The minimum atomic E-state index is -4.95. The Morgan fingerprint density at radius 3 is 0.782 bits per heavy atom. The van der Waals surface area contributed by atoms with Crippen molar-refractivity contribution in [2.75, 3.05) is 39.6 Å². The average Bonchev–Trinajstić information content (AvgIpc) is 3.68. The molecule has 0 aromatic rings. The maximum Gasteiger partial charge on any atom is 0.472 e. The van der Waals surface area contributed by atoms with Gasteiger partial charge in [-0.15, -0.1) is 0 Å². The summed E-state index contributed by atoms with van der Waals surface area (Å²) in [5, 5.41) is 10.6. The van der Waals surface area contributed by atoms with Crippen LogP contribution in [0.2, 0.25) is 0 Å². The van der Waals surface area contributed by atoms with Crippen molar-refractivity contribution < 1.29 is 80.2 Å². The van der Waals surface area contributed by atoms with Crippen LogP contribution in [0.15, 0.2) is 0 Å². The Kier molecular flexibility index (Phi) is 57.8. The van der Waals surface area contributed by atoms with Gasteiger partial charge >= 0.3 is 39.5 Å². The van der Waals surface area contributed by atoms with Crippen molar-refractivity contribution in [3.8, 4) is 0 Å². The molecule has 0 aliphatic rings. The van der Waals surface area contributed by atoms with E-state index in [-0.39, 0.29) is 25.7 Å². The SMILES string of the molecule is CCCCCCCCCCCCCCCC(=O)OC[C@H](COP(=O)(O)OC[C@@H](O)COP(=O)(O)OC[C@@H](COC(=O)CCCCCCCCC(C)C)OC(=O)CCCCCCCCCCC(C)C)OC(=O)CCCCCCCCCCCCCC(C)C. The highest BCUT2D eigenvalue weighted by molar-refractivity contribution is 7.47. The molecule has 0 amide bonds. The van der Waals surface area contributed by atoms with E-state index in [1.807, 2.05) is 0 Å². The molecule has 19 heteroatoms. The van der Waals surface area contributed by atoms with Crippen molar-refractivity contribution >= 4 is 39.5 Å². The number of rotatable bonds is 66. The summed E-state index contributed by atoms with van der Waals surface area (Å²) in [5.41, 5.74) is 0. The Bertz CT molecular complexity index is 1720. The smallest absolute Gasteiger partial charge is 0.462 e. The lowest BCUT2D eigenvalue weighted by molar-refractivity contribution is -0.161. The van der Waals surface area contributed by atoms with Gasteiger partial charge in [-0.05, 0) is 43.4 Å². The van der Waals surface area contributed by atoms with Gasteiger partial charge in [0, 0.05) is 25.7 Å².